The molecule has 88 valence electrons. The first-order valence-electron chi connectivity index (χ1n) is 6.57. The molecule has 0 aromatic rings. The molecular formula is C13H25NO. The van der Waals surface area contributed by atoms with Crippen LogP contribution in [0.15, 0.2) is 0 Å². The summed E-state index contributed by atoms with van der Waals surface area (Å²) in [5, 5.41) is 3.48. The van der Waals surface area contributed by atoms with E-state index in [2.05, 4.69) is 5.32 Å². The van der Waals surface area contributed by atoms with Crippen molar-refractivity contribution in [1.82, 2.24) is 5.32 Å². The molecule has 1 aliphatic carbocycles. The molecular weight excluding hydrogens is 186 g/mol. The Hall–Kier alpha value is -0.0800. The zero-order valence-electron chi connectivity index (χ0n) is 10.1. The molecule has 1 heterocycles. The van der Waals surface area contributed by atoms with E-state index in [1.165, 1.54) is 58.0 Å². The third-order valence-electron chi connectivity index (χ3n) is 4.50. The molecule has 1 N–H and O–H groups in total. The van der Waals surface area contributed by atoms with Crippen molar-refractivity contribution in [1.29, 1.82) is 0 Å². The van der Waals surface area contributed by atoms with Crippen LogP contribution in [0.4, 0.5) is 0 Å². The minimum Gasteiger partial charge on any atom is -0.384 e. The van der Waals surface area contributed by atoms with E-state index in [1.807, 2.05) is 7.11 Å². The summed E-state index contributed by atoms with van der Waals surface area (Å²) in [5.41, 5.74) is 0.514. The summed E-state index contributed by atoms with van der Waals surface area (Å²) in [6.45, 7) is 3.37. The third kappa shape index (κ3) is 2.54. The lowest BCUT2D eigenvalue weighted by molar-refractivity contribution is -0.00808. The molecule has 0 unspecified atom stereocenters. The zero-order chi connectivity index (χ0) is 10.6. The first kappa shape index (κ1) is 11.4. The fraction of sp³-hybridized carbons (Fsp3) is 1.00. The minimum absolute atomic E-state index is 0.514. The molecule has 1 saturated heterocycles. The molecule has 0 aromatic heterocycles. The van der Waals surface area contributed by atoms with Crippen molar-refractivity contribution in [2.24, 2.45) is 11.3 Å². The molecule has 2 aliphatic rings. The molecule has 0 spiro atoms. The molecule has 2 fully saturated rings. The molecule has 0 amide bonds. The quantitative estimate of drug-likeness (QED) is 0.774. The van der Waals surface area contributed by atoms with Gasteiger partial charge in [0.25, 0.3) is 0 Å². The van der Waals surface area contributed by atoms with Crippen molar-refractivity contribution in [3.63, 3.8) is 0 Å². The van der Waals surface area contributed by atoms with Crippen LogP contribution in [0.5, 0.6) is 0 Å². The topological polar surface area (TPSA) is 21.3 Å². The van der Waals surface area contributed by atoms with E-state index < -0.39 is 0 Å². The Kier molecular flexibility index (Phi) is 4.04. The lowest BCUT2D eigenvalue weighted by Gasteiger charge is -2.45. The SMILES string of the molecule is COCC1(C2CCCCC2)CCNCC1. The highest BCUT2D eigenvalue weighted by atomic mass is 16.5. The van der Waals surface area contributed by atoms with Crippen molar-refractivity contribution in [3.05, 3.63) is 0 Å². The standard InChI is InChI=1S/C13H25NO/c1-15-11-13(7-9-14-10-8-13)12-5-3-2-4-6-12/h12,14H,2-11H2,1H3. The van der Waals surface area contributed by atoms with Gasteiger partial charge in [-0.3, -0.25) is 0 Å². The number of rotatable bonds is 3. The Morgan fingerprint density at radius 3 is 2.40 bits per heavy atom. The van der Waals surface area contributed by atoms with Crippen LogP contribution in [0.3, 0.4) is 0 Å². The van der Waals surface area contributed by atoms with Gasteiger partial charge in [0, 0.05) is 7.11 Å². The van der Waals surface area contributed by atoms with Gasteiger partial charge in [-0.15, -0.1) is 0 Å². The van der Waals surface area contributed by atoms with Crippen LogP contribution in [0.1, 0.15) is 44.9 Å². The maximum Gasteiger partial charge on any atom is 0.0522 e. The van der Waals surface area contributed by atoms with Crippen LogP contribution in [-0.4, -0.2) is 26.8 Å². The predicted octanol–water partition coefficient (Wildman–Crippen LogP) is 2.58. The molecule has 0 atom stereocenters. The van der Waals surface area contributed by atoms with Gasteiger partial charge in [0.15, 0.2) is 0 Å². The summed E-state index contributed by atoms with van der Waals surface area (Å²) < 4.78 is 5.51. The number of methoxy groups -OCH3 is 1. The molecule has 1 aliphatic heterocycles. The van der Waals surface area contributed by atoms with E-state index in [1.54, 1.807) is 0 Å². The summed E-state index contributed by atoms with van der Waals surface area (Å²) >= 11 is 0. The van der Waals surface area contributed by atoms with Crippen LogP contribution in [0, 0.1) is 11.3 Å². The van der Waals surface area contributed by atoms with E-state index >= 15 is 0 Å². The van der Waals surface area contributed by atoms with Crippen LogP contribution in [0.2, 0.25) is 0 Å². The Balaban J connectivity index is 2.01. The fourth-order valence-corrected chi connectivity index (χ4v) is 3.60. The Morgan fingerprint density at radius 1 is 1.13 bits per heavy atom. The van der Waals surface area contributed by atoms with Gasteiger partial charge >= 0.3 is 0 Å². The van der Waals surface area contributed by atoms with Crippen LogP contribution in [-0.2, 0) is 4.74 Å². The summed E-state index contributed by atoms with van der Waals surface area (Å²) in [6, 6.07) is 0. The van der Waals surface area contributed by atoms with Crippen molar-refractivity contribution >= 4 is 0 Å². The Labute approximate surface area is 93.8 Å². The highest BCUT2D eigenvalue weighted by Gasteiger charge is 2.39. The second kappa shape index (κ2) is 5.31. The number of hydrogen-bond acceptors (Lipinski definition) is 2. The van der Waals surface area contributed by atoms with Crippen molar-refractivity contribution in [2.75, 3.05) is 26.8 Å². The van der Waals surface area contributed by atoms with E-state index in [-0.39, 0.29) is 0 Å². The number of ether oxygens (including phenoxy) is 1. The second-order valence-electron chi connectivity index (χ2n) is 5.38. The van der Waals surface area contributed by atoms with Gasteiger partial charge in [-0.1, -0.05) is 19.3 Å². The van der Waals surface area contributed by atoms with E-state index in [0.29, 0.717) is 5.41 Å². The van der Waals surface area contributed by atoms with Gasteiger partial charge in [-0.25, -0.2) is 0 Å². The highest BCUT2D eigenvalue weighted by Crippen LogP contribution is 2.44. The van der Waals surface area contributed by atoms with Gasteiger partial charge in [0.05, 0.1) is 6.61 Å². The van der Waals surface area contributed by atoms with Crippen LogP contribution >= 0.6 is 0 Å². The van der Waals surface area contributed by atoms with Gasteiger partial charge in [0.1, 0.15) is 0 Å². The van der Waals surface area contributed by atoms with Crippen molar-refractivity contribution in [3.8, 4) is 0 Å². The maximum atomic E-state index is 5.51. The second-order valence-corrected chi connectivity index (χ2v) is 5.38. The fourth-order valence-electron chi connectivity index (χ4n) is 3.60. The van der Waals surface area contributed by atoms with Gasteiger partial charge < -0.3 is 10.1 Å². The molecule has 2 rings (SSSR count). The van der Waals surface area contributed by atoms with Gasteiger partial charge in [-0.05, 0) is 50.1 Å². The molecule has 15 heavy (non-hydrogen) atoms. The molecule has 1 saturated carbocycles. The van der Waals surface area contributed by atoms with Crippen LogP contribution < -0.4 is 5.32 Å². The first-order chi connectivity index (χ1) is 7.37. The molecule has 0 radical (unpaired) electrons. The van der Waals surface area contributed by atoms with E-state index in [0.717, 1.165) is 12.5 Å². The first-order valence-corrected chi connectivity index (χ1v) is 6.57. The number of hydrogen-bond donors (Lipinski definition) is 1. The third-order valence-corrected chi connectivity index (χ3v) is 4.50. The summed E-state index contributed by atoms with van der Waals surface area (Å²) in [7, 11) is 1.87. The van der Waals surface area contributed by atoms with Gasteiger partial charge in [-0.2, -0.15) is 0 Å². The lowest BCUT2D eigenvalue weighted by Crippen LogP contribution is -2.45. The minimum atomic E-state index is 0.514. The largest absolute Gasteiger partial charge is 0.384 e. The zero-order valence-corrected chi connectivity index (χ0v) is 10.1. The molecule has 2 heteroatoms. The number of piperidine rings is 1. The molecule has 0 aromatic carbocycles. The van der Waals surface area contributed by atoms with Crippen LogP contribution in [0.25, 0.3) is 0 Å². The summed E-state index contributed by atoms with van der Waals surface area (Å²) in [4.78, 5) is 0. The van der Waals surface area contributed by atoms with E-state index in [9.17, 15) is 0 Å². The summed E-state index contributed by atoms with van der Waals surface area (Å²) in [5.74, 6) is 0.938. The normalized spacial score (nSPS) is 27.8. The highest BCUT2D eigenvalue weighted by molar-refractivity contribution is 4.91. The maximum absolute atomic E-state index is 5.51. The average Bonchev–Trinajstić information content (AvgIpc) is 2.32. The smallest absolute Gasteiger partial charge is 0.0522 e. The Morgan fingerprint density at radius 2 is 1.80 bits per heavy atom. The lowest BCUT2D eigenvalue weighted by atomic mass is 9.64. The Bertz CT molecular complexity index is 175. The van der Waals surface area contributed by atoms with E-state index in [4.69, 9.17) is 4.74 Å². The van der Waals surface area contributed by atoms with Crippen molar-refractivity contribution < 1.29 is 4.74 Å². The van der Waals surface area contributed by atoms with Crippen molar-refractivity contribution in [2.45, 2.75) is 44.9 Å². The predicted molar refractivity (Wildman–Crippen MR) is 63.0 cm³/mol. The van der Waals surface area contributed by atoms with Gasteiger partial charge in [0.2, 0.25) is 0 Å². The molecule has 0 bridgehead atoms. The summed E-state index contributed by atoms with van der Waals surface area (Å²) in [6.07, 6.45) is 9.90. The monoisotopic (exact) mass is 211 g/mol. The average molecular weight is 211 g/mol. The number of nitrogens with one attached hydrogen (secondary N) is 1. The molecule has 2 nitrogen and oxygen atoms in total.